The van der Waals surface area contributed by atoms with E-state index in [0.717, 1.165) is 24.0 Å². The lowest BCUT2D eigenvalue weighted by Gasteiger charge is -2.11. The molecule has 2 amide bonds. The van der Waals surface area contributed by atoms with Crippen LogP contribution in [0.25, 0.3) is 0 Å². The third kappa shape index (κ3) is 8.34. The van der Waals surface area contributed by atoms with Crippen LogP contribution in [0, 0.1) is 18.5 Å². The zero-order chi connectivity index (χ0) is 25.4. The van der Waals surface area contributed by atoms with E-state index in [9.17, 15) is 9.59 Å². The third-order valence-corrected chi connectivity index (χ3v) is 6.76. The predicted octanol–water partition coefficient (Wildman–Crippen LogP) is 6.13. The summed E-state index contributed by atoms with van der Waals surface area (Å²) in [7, 11) is 0. The number of nitriles is 1. The van der Waals surface area contributed by atoms with Crippen LogP contribution in [0.4, 0.5) is 5.69 Å². The second-order valence-corrected chi connectivity index (χ2v) is 10.2. The number of amides is 2. The molecule has 0 radical (unpaired) electrons. The van der Waals surface area contributed by atoms with Crippen molar-refractivity contribution in [2.45, 2.75) is 13.0 Å². The summed E-state index contributed by atoms with van der Waals surface area (Å²) in [5.74, 6) is -0.342. The standard InChI is InChI=1S/C24H16Cl2I2N4O3/c25-18-6-5-17(9-19(18)26)31-22(33)10-23(34)32-30-12-16-7-20(27)24(21(28)8-16)35-13-15-3-1-14(11-29)2-4-15/h1-9,12H,10,13H2,(H,31,33)(H,32,34). The lowest BCUT2D eigenvalue weighted by Crippen LogP contribution is -2.24. The molecule has 7 nitrogen and oxygen atoms in total. The highest BCUT2D eigenvalue weighted by Gasteiger charge is 2.11. The van der Waals surface area contributed by atoms with E-state index >= 15 is 0 Å². The number of carbonyl (C=O) groups is 2. The monoisotopic (exact) mass is 732 g/mol. The highest BCUT2D eigenvalue weighted by molar-refractivity contribution is 14.1. The van der Waals surface area contributed by atoms with Gasteiger partial charge in [-0.25, -0.2) is 5.43 Å². The minimum absolute atomic E-state index is 0.299. The number of hydrogen-bond acceptors (Lipinski definition) is 5. The molecule has 0 atom stereocenters. The van der Waals surface area contributed by atoms with Crippen molar-refractivity contribution in [1.29, 1.82) is 5.26 Å². The normalized spacial score (nSPS) is 10.6. The van der Waals surface area contributed by atoms with Gasteiger partial charge in [0.2, 0.25) is 11.8 Å². The zero-order valence-electron chi connectivity index (χ0n) is 17.8. The first kappa shape index (κ1) is 27.2. The lowest BCUT2D eigenvalue weighted by atomic mass is 10.1. The van der Waals surface area contributed by atoms with Crippen molar-refractivity contribution in [3.63, 3.8) is 0 Å². The van der Waals surface area contributed by atoms with Crippen LogP contribution in [0.15, 0.2) is 59.7 Å². The Balaban J connectivity index is 1.52. The number of anilines is 1. The maximum absolute atomic E-state index is 12.0. The third-order valence-electron chi connectivity index (χ3n) is 4.41. The summed E-state index contributed by atoms with van der Waals surface area (Å²) in [6.45, 7) is 0.367. The molecule has 0 saturated carbocycles. The van der Waals surface area contributed by atoms with Gasteiger partial charge in [0.1, 0.15) is 18.8 Å². The van der Waals surface area contributed by atoms with Crippen LogP contribution in [0.1, 0.15) is 23.1 Å². The summed E-state index contributed by atoms with van der Waals surface area (Å²) in [6, 6.07) is 17.7. The van der Waals surface area contributed by atoms with Gasteiger partial charge >= 0.3 is 0 Å². The maximum Gasteiger partial charge on any atom is 0.249 e. The van der Waals surface area contributed by atoms with Crippen molar-refractivity contribution < 1.29 is 14.3 Å². The van der Waals surface area contributed by atoms with Gasteiger partial charge < -0.3 is 10.1 Å². The van der Waals surface area contributed by atoms with Crippen molar-refractivity contribution in [2.24, 2.45) is 5.10 Å². The summed E-state index contributed by atoms with van der Waals surface area (Å²) in [5.41, 5.74) is 5.08. The number of benzene rings is 3. The van der Waals surface area contributed by atoms with Gasteiger partial charge in [0.05, 0.1) is 35.0 Å². The molecule has 35 heavy (non-hydrogen) atoms. The Bertz CT molecular complexity index is 1300. The maximum atomic E-state index is 12.0. The topological polar surface area (TPSA) is 104 Å². The van der Waals surface area contributed by atoms with Crippen molar-refractivity contribution in [3.8, 4) is 11.8 Å². The van der Waals surface area contributed by atoms with Crippen LogP contribution in [-0.2, 0) is 16.2 Å². The predicted molar refractivity (Wildman–Crippen MR) is 153 cm³/mol. The fraction of sp³-hybridized carbons (Fsp3) is 0.0833. The second kappa shape index (κ2) is 13.1. The largest absolute Gasteiger partial charge is 0.487 e. The van der Waals surface area contributed by atoms with Crippen LogP contribution in [0.5, 0.6) is 5.75 Å². The quantitative estimate of drug-likeness (QED) is 0.126. The number of nitrogens with zero attached hydrogens (tertiary/aromatic N) is 2. The Labute approximate surface area is 239 Å². The van der Waals surface area contributed by atoms with Crippen LogP contribution in [0.2, 0.25) is 10.0 Å². The first-order valence-electron chi connectivity index (χ1n) is 9.93. The minimum atomic E-state index is -0.564. The molecular weight excluding hydrogens is 717 g/mol. The minimum Gasteiger partial charge on any atom is -0.487 e. The molecule has 2 N–H and O–H groups in total. The number of hydrazone groups is 1. The number of carbonyl (C=O) groups excluding carboxylic acids is 2. The van der Waals surface area contributed by atoms with E-state index in [2.05, 4.69) is 67.1 Å². The fourth-order valence-corrected chi connectivity index (χ4v) is 5.19. The number of ether oxygens (including phenoxy) is 1. The second-order valence-electron chi connectivity index (χ2n) is 7.06. The number of nitrogens with one attached hydrogen (secondary N) is 2. The molecular formula is C24H16Cl2I2N4O3. The molecule has 11 heteroatoms. The molecule has 3 aromatic rings. The first-order valence-corrected chi connectivity index (χ1v) is 12.8. The van der Waals surface area contributed by atoms with Crippen LogP contribution < -0.4 is 15.5 Å². The number of rotatable bonds is 8. The molecule has 3 aromatic carbocycles. The van der Waals surface area contributed by atoms with E-state index in [1.807, 2.05) is 24.3 Å². The summed E-state index contributed by atoms with van der Waals surface area (Å²) in [6.07, 6.45) is 1.08. The molecule has 0 aliphatic carbocycles. The Hall–Kier alpha value is -2.40. The highest BCUT2D eigenvalue weighted by atomic mass is 127. The smallest absolute Gasteiger partial charge is 0.249 e. The molecule has 0 aliphatic rings. The molecule has 0 bridgehead atoms. The molecule has 0 heterocycles. The van der Waals surface area contributed by atoms with Crippen LogP contribution in [0.3, 0.4) is 0 Å². The van der Waals surface area contributed by atoms with Gasteiger partial charge in [0, 0.05) is 5.69 Å². The first-order chi connectivity index (χ1) is 16.7. The van der Waals surface area contributed by atoms with Crippen LogP contribution >= 0.6 is 68.4 Å². The van der Waals surface area contributed by atoms with E-state index < -0.39 is 18.2 Å². The van der Waals surface area contributed by atoms with Crippen molar-refractivity contribution in [1.82, 2.24) is 5.43 Å². The van der Waals surface area contributed by atoms with Gasteiger partial charge in [0.15, 0.2) is 0 Å². The van der Waals surface area contributed by atoms with Gasteiger partial charge in [0.25, 0.3) is 0 Å². The van der Waals surface area contributed by atoms with E-state index in [4.69, 9.17) is 33.2 Å². The molecule has 3 rings (SSSR count). The van der Waals surface area contributed by atoms with Gasteiger partial charge in [-0.1, -0.05) is 35.3 Å². The fourth-order valence-electron chi connectivity index (χ4n) is 2.77. The molecule has 0 saturated heterocycles. The van der Waals surface area contributed by atoms with Crippen LogP contribution in [-0.4, -0.2) is 18.0 Å². The van der Waals surface area contributed by atoms with Crippen molar-refractivity contribution in [3.05, 3.63) is 88.5 Å². The summed E-state index contributed by atoms with van der Waals surface area (Å²) in [4.78, 5) is 24.1. The molecule has 0 fully saturated rings. The Kier molecular flexibility index (Phi) is 10.1. The van der Waals surface area contributed by atoms with Crippen molar-refractivity contribution >= 4 is 92.1 Å². The Morgan fingerprint density at radius 3 is 2.31 bits per heavy atom. The van der Waals surface area contributed by atoms with Gasteiger partial charge in [-0.3, -0.25) is 9.59 Å². The molecule has 0 spiro atoms. The molecule has 178 valence electrons. The van der Waals surface area contributed by atoms with Gasteiger partial charge in [-0.2, -0.15) is 10.4 Å². The number of halogens is 4. The molecule has 0 aromatic heterocycles. The van der Waals surface area contributed by atoms with Gasteiger partial charge in [-0.15, -0.1) is 0 Å². The average Bonchev–Trinajstić information content (AvgIpc) is 2.81. The van der Waals surface area contributed by atoms with Crippen molar-refractivity contribution in [2.75, 3.05) is 5.32 Å². The Morgan fingerprint density at radius 1 is 1.00 bits per heavy atom. The number of hydrogen-bond donors (Lipinski definition) is 2. The molecule has 0 aliphatic heterocycles. The highest BCUT2D eigenvalue weighted by Crippen LogP contribution is 2.29. The SMILES string of the molecule is N#Cc1ccc(COc2c(I)cc(C=NNC(=O)CC(=O)Nc3ccc(Cl)c(Cl)c3)cc2I)cc1. The summed E-state index contributed by atoms with van der Waals surface area (Å²) < 4.78 is 7.70. The summed E-state index contributed by atoms with van der Waals surface area (Å²) in [5, 5.41) is 16.1. The molecule has 0 unspecified atom stereocenters. The average molecular weight is 733 g/mol. The van der Waals surface area contributed by atoms with E-state index in [1.165, 1.54) is 12.3 Å². The zero-order valence-corrected chi connectivity index (χ0v) is 23.6. The van der Waals surface area contributed by atoms with E-state index in [0.29, 0.717) is 27.9 Å². The Morgan fingerprint density at radius 2 is 1.69 bits per heavy atom. The van der Waals surface area contributed by atoms with Gasteiger partial charge in [-0.05, 0) is 98.8 Å². The van der Waals surface area contributed by atoms with E-state index in [-0.39, 0.29) is 0 Å². The lowest BCUT2D eigenvalue weighted by molar-refractivity contribution is -0.126. The summed E-state index contributed by atoms with van der Waals surface area (Å²) >= 11 is 16.1. The van der Waals surface area contributed by atoms with E-state index in [1.54, 1.807) is 24.3 Å².